The standard InChI is InChI=1S/C13H14N2O3/c1-18-13(16)12-6-9-8-4-2-3-5-10(8)14-11(9)7-15(12)17/h2-5,12,14-15H,6-7H2,1H3. The molecule has 2 heterocycles. The van der Waals surface area contributed by atoms with Crippen LogP contribution in [0.4, 0.5) is 0 Å². The number of benzene rings is 1. The maximum Gasteiger partial charge on any atom is 0.365 e. The van der Waals surface area contributed by atoms with Gasteiger partial charge in [0, 0.05) is 17.3 Å². The first-order valence-electron chi connectivity index (χ1n) is 5.89. The van der Waals surface area contributed by atoms with Crippen molar-refractivity contribution in [3.05, 3.63) is 40.7 Å². The summed E-state index contributed by atoms with van der Waals surface area (Å²) in [6, 6.07) is 7.24. The van der Waals surface area contributed by atoms with E-state index in [1.54, 1.807) is 0 Å². The zero-order valence-corrected chi connectivity index (χ0v) is 10.0. The summed E-state index contributed by atoms with van der Waals surface area (Å²) in [7, 11) is 1.32. The highest BCUT2D eigenvalue weighted by Crippen LogP contribution is 2.25. The summed E-state index contributed by atoms with van der Waals surface area (Å²) in [5.41, 5.74) is 3.02. The summed E-state index contributed by atoms with van der Waals surface area (Å²) < 4.78 is 4.69. The fraction of sp³-hybridized carbons (Fsp3) is 0.308. The zero-order valence-electron chi connectivity index (χ0n) is 10.0. The van der Waals surface area contributed by atoms with E-state index in [-0.39, 0.29) is 11.6 Å². The number of ether oxygens (including phenoxy) is 1. The molecule has 0 saturated carbocycles. The van der Waals surface area contributed by atoms with Gasteiger partial charge in [-0.3, -0.25) is 0 Å². The lowest BCUT2D eigenvalue weighted by molar-refractivity contribution is -0.883. The summed E-state index contributed by atoms with van der Waals surface area (Å²) in [6.45, 7) is 0.282. The number of hydroxylamine groups is 2. The van der Waals surface area contributed by atoms with Crippen LogP contribution in [0.25, 0.3) is 10.9 Å². The van der Waals surface area contributed by atoms with Crippen molar-refractivity contribution in [2.75, 3.05) is 7.11 Å². The van der Waals surface area contributed by atoms with Crippen molar-refractivity contribution in [3.8, 4) is 0 Å². The quantitative estimate of drug-likeness (QED) is 0.556. The third kappa shape index (κ3) is 1.60. The second kappa shape index (κ2) is 4.12. The Bertz CT molecular complexity index is 605. The molecule has 2 atom stereocenters. The number of hydrogen-bond donors (Lipinski definition) is 2. The first-order chi connectivity index (χ1) is 8.70. The van der Waals surface area contributed by atoms with Crippen LogP contribution in [-0.2, 0) is 22.5 Å². The number of nitrogens with one attached hydrogen (secondary N) is 2. The molecule has 2 aromatic rings. The first kappa shape index (κ1) is 11.3. The van der Waals surface area contributed by atoms with Crippen molar-refractivity contribution in [2.45, 2.75) is 19.0 Å². The van der Waals surface area contributed by atoms with Crippen LogP contribution in [0.1, 0.15) is 11.3 Å². The summed E-state index contributed by atoms with van der Waals surface area (Å²) in [5, 5.41) is 12.9. The van der Waals surface area contributed by atoms with E-state index in [4.69, 9.17) is 4.74 Å². The lowest BCUT2D eigenvalue weighted by Crippen LogP contribution is -3.12. The molecule has 3 rings (SSSR count). The van der Waals surface area contributed by atoms with E-state index in [9.17, 15) is 10.0 Å². The summed E-state index contributed by atoms with van der Waals surface area (Å²) in [4.78, 5) is 14.8. The second-order valence-electron chi connectivity index (χ2n) is 4.55. The minimum Gasteiger partial charge on any atom is -0.633 e. The van der Waals surface area contributed by atoms with Crippen LogP contribution in [0.5, 0.6) is 0 Å². The van der Waals surface area contributed by atoms with E-state index < -0.39 is 12.0 Å². The maximum atomic E-state index is 11.9. The van der Waals surface area contributed by atoms with Crippen molar-refractivity contribution >= 4 is 16.9 Å². The number of carbonyl (C=O) groups is 1. The van der Waals surface area contributed by atoms with Crippen LogP contribution in [0.2, 0.25) is 0 Å². The molecule has 0 bridgehead atoms. The van der Waals surface area contributed by atoms with Gasteiger partial charge in [0.2, 0.25) is 0 Å². The lowest BCUT2D eigenvalue weighted by atomic mass is 9.98. The highest BCUT2D eigenvalue weighted by atomic mass is 16.5. The first-order valence-corrected chi connectivity index (χ1v) is 5.89. The number of fused-ring (bicyclic) bond motifs is 3. The van der Waals surface area contributed by atoms with E-state index in [0.717, 1.165) is 22.2 Å². The van der Waals surface area contributed by atoms with Crippen LogP contribution < -0.4 is 5.06 Å². The van der Waals surface area contributed by atoms with Gasteiger partial charge in [-0.05, 0) is 11.6 Å². The van der Waals surface area contributed by atoms with Gasteiger partial charge in [-0.15, -0.1) is 0 Å². The molecule has 0 amide bonds. The van der Waals surface area contributed by atoms with Gasteiger partial charge >= 0.3 is 5.97 Å². The van der Waals surface area contributed by atoms with Gasteiger partial charge in [-0.2, -0.15) is 0 Å². The minimum atomic E-state index is -0.651. The van der Waals surface area contributed by atoms with Gasteiger partial charge in [-0.1, -0.05) is 18.2 Å². The lowest BCUT2D eigenvalue weighted by Gasteiger charge is -2.33. The second-order valence-corrected chi connectivity index (χ2v) is 4.55. The largest absolute Gasteiger partial charge is 0.633 e. The molecule has 1 aromatic heterocycles. The Labute approximate surface area is 104 Å². The molecule has 1 aromatic carbocycles. The maximum absolute atomic E-state index is 11.9. The summed E-state index contributed by atoms with van der Waals surface area (Å²) >= 11 is 0. The average molecular weight is 246 g/mol. The molecule has 18 heavy (non-hydrogen) atoms. The van der Waals surface area contributed by atoms with E-state index in [0.29, 0.717) is 6.42 Å². The number of para-hydroxylation sites is 1. The molecule has 0 radical (unpaired) electrons. The third-order valence-electron chi connectivity index (χ3n) is 3.54. The topological polar surface area (TPSA) is 69.6 Å². The van der Waals surface area contributed by atoms with E-state index in [1.807, 2.05) is 24.3 Å². The molecule has 0 fully saturated rings. The normalized spacial score (nSPS) is 22.8. The van der Waals surface area contributed by atoms with E-state index in [1.165, 1.54) is 7.11 Å². The number of H-pyrrole nitrogens is 1. The Morgan fingerprint density at radius 1 is 1.50 bits per heavy atom. The van der Waals surface area contributed by atoms with E-state index in [2.05, 4.69) is 4.98 Å². The van der Waals surface area contributed by atoms with Crippen molar-refractivity contribution in [2.24, 2.45) is 0 Å². The van der Waals surface area contributed by atoms with Crippen molar-refractivity contribution in [1.82, 2.24) is 4.98 Å². The minimum absolute atomic E-state index is 0.0686. The molecule has 1 aliphatic heterocycles. The van der Waals surface area contributed by atoms with Gasteiger partial charge in [0.15, 0.2) is 6.04 Å². The van der Waals surface area contributed by atoms with Gasteiger partial charge in [0.1, 0.15) is 6.54 Å². The summed E-state index contributed by atoms with van der Waals surface area (Å²) in [6.07, 6.45) is 0.435. The fourth-order valence-electron chi connectivity index (χ4n) is 2.61. The molecular formula is C13H14N2O3. The predicted molar refractivity (Wildman–Crippen MR) is 65.8 cm³/mol. The highest BCUT2D eigenvalue weighted by molar-refractivity contribution is 5.86. The predicted octanol–water partition coefficient (Wildman–Crippen LogP) is 0.148. The molecule has 94 valence electrons. The van der Waals surface area contributed by atoms with Crippen LogP contribution in [0, 0.1) is 5.21 Å². The van der Waals surface area contributed by atoms with Crippen LogP contribution in [0.3, 0.4) is 0 Å². The van der Waals surface area contributed by atoms with Crippen molar-refractivity contribution < 1.29 is 14.6 Å². The van der Waals surface area contributed by atoms with Gasteiger partial charge in [0.25, 0.3) is 0 Å². The molecule has 5 nitrogen and oxygen atoms in total. The monoisotopic (exact) mass is 246 g/mol. The SMILES string of the molecule is COC(=O)C1Cc2c([nH]c3ccccc23)C[NH+]1[O-]. The van der Waals surface area contributed by atoms with Crippen LogP contribution in [-0.4, -0.2) is 24.1 Å². The Balaban J connectivity index is 2.06. The number of carbonyl (C=O) groups excluding carboxylic acids is 1. The zero-order chi connectivity index (χ0) is 12.7. The van der Waals surface area contributed by atoms with Crippen molar-refractivity contribution in [3.63, 3.8) is 0 Å². The highest BCUT2D eigenvalue weighted by Gasteiger charge is 2.33. The molecule has 0 aliphatic carbocycles. The number of esters is 1. The Hall–Kier alpha value is -1.85. The number of methoxy groups -OCH3 is 1. The third-order valence-corrected chi connectivity index (χ3v) is 3.54. The average Bonchev–Trinajstić information content (AvgIpc) is 2.74. The summed E-state index contributed by atoms with van der Waals surface area (Å²) in [5.74, 6) is -0.434. The number of aromatic nitrogens is 1. The number of quaternary nitrogens is 1. The number of hydrogen-bond acceptors (Lipinski definition) is 3. The molecule has 2 N–H and O–H groups in total. The number of rotatable bonds is 1. The molecule has 2 unspecified atom stereocenters. The number of aromatic amines is 1. The van der Waals surface area contributed by atoms with Crippen LogP contribution in [0.15, 0.2) is 24.3 Å². The molecular weight excluding hydrogens is 232 g/mol. The fourth-order valence-corrected chi connectivity index (χ4v) is 2.61. The van der Waals surface area contributed by atoms with Gasteiger partial charge in [0.05, 0.1) is 12.8 Å². The Morgan fingerprint density at radius 2 is 2.28 bits per heavy atom. The smallest absolute Gasteiger partial charge is 0.365 e. The molecule has 5 heteroatoms. The van der Waals surface area contributed by atoms with Gasteiger partial charge in [-0.25, -0.2) is 4.79 Å². The molecule has 1 aliphatic rings. The Morgan fingerprint density at radius 3 is 3.06 bits per heavy atom. The Kier molecular flexibility index (Phi) is 2.57. The molecule has 0 spiro atoms. The van der Waals surface area contributed by atoms with E-state index >= 15 is 0 Å². The van der Waals surface area contributed by atoms with Gasteiger partial charge < -0.3 is 20.0 Å². The molecule has 0 saturated heterocycles. The van der Waals surface area contributed by atoms with Crippen LogP contribution >= 0.6 is 0 Å². The van der Waals surface area contributed by atoms with Crippen molar-refractivity contribution in [1.29, 1.82) is 0 Å².